The highest BCUT2D eigenvalue weighted by Crippen LogP contribution is 2.37. The summed E-state index contributed by atoms with van der Waals surface area (Å²) in [5.41, 5.74) is 1.68. The molecule has 6 rings (SSSR count). The maximum Gasteiger partial charge on any atom is 0.339 e. The fourth-order valence-electron chi connectivity index (χ4n) is 6.23. The van der Waals surface area contributed by atoms with Crippen molar-refractivity contribution in [3.05, 3.63) is 112 Å². The number of rotatable bonds is 11. The van der Waals surface area contributed by atoms with Crippen LogP contribution in [0.4, 0.5) is 23.2 Å². The average Bonchev–Trinajstić information content (AvgIpc) is 3.11. The van der Waals surface area contributed by atoms with Crippen molar-refractivity contribution >= 4 is 39.2 Å². The molecule has 1 saturated carbocycles. The molecule has 0 unspecified atom stereocenters. The van der Waals surface area contributed by atoms with E-state index in [-0.39, 0.29) is 42.5 Å². The average molecular weight is 747 g/mol. The number of carboxylic acid groups (broad SMARTS) is 1. The Morgan fingerprint density at radius 1 is 0.922 bits per heavy atom. The van der Waals surface area contributed by atoms with Gasteiger partial charge in [-0.15, -0.1) is 0 Å². The Morgan fingerprint density at radius 2 is 1.61 bits per heavy atom. The van der Waals surface area contributed by atoms with Gasteiger partial charge in [0.25, 0.3) is 0 Å². The van der Waals surface area contributed by atoms with E-state index in [1.54, 1.807) is 36.5 Å². The number of hydrogen-bond donors (Lipinski definition) is 1. The van der Waals surface area contributed by atoms with Crippen LogP contribution in [0.1, 0.15) is 71.8 Å². The molecule has 16 heteroatoms. The fraction of sp³-hybridized carbons (Fsp3) is 0.314. The highest BCUT2D eigenvalue weighted by molar-refractivity contribution is 7.89. The number of amides is 1. The Hall–Kier alpha value is -4.60. The summed E-state index contributed by atoms with van der Waals surface area (Å²) in [5.74, 6) is -10.7. The minimum Gasteiger partial charge on any atom is -0.488 e. The van der Waals surface area contributed by atoms with Crippen molar-refractivity contribution in [3.8, 4) is 5.75 Å². The van der Waals surface area contributed by atoms with Gasteiger partial charge in [-0.05, 0) is 37.0 Å². The Kier molecular flexibility index (Phi) is 10.6. The number of carbonyl (C=O) groups excluding carboxylic acids is 1. The summed E-state index contributed by atoms with van der Waals surface area (Å²) < 4.78 is 91.5. The lowest BCUT2D eigenvalue weighted by Crippen LogP contribution is -2.59. The third-order valence-electron chi connectivity index (χ3n) is 9.07. The minimum atomic E-state index is -5.32. The van der Waals surface area contributed by atoms with E-state index < -0.39 is 67.7 Å². The number of ether oxygens (including phenoxy) is 1. The smallest absolute Gasteiger partial charge is 0.339 e. The highest BCUT2D eigenvalue weighted by Gasteiger charge is 2.48. The van der Waals surface area contributed by atoms with Gasteiger partial charge in [0.1, 0.15) is 29.0 Å². The summed E-state index contributed by atoms with van der Waals surface area (Å²) in [4.78, 5) is 34.6. The number of sulfonamides is 1. The SMILES string of the molecule is O=C(O)c1ccc(N(Cc2cnc(C3CCCCC3)cn2)C(=O)[C@H]2CCN2S(=O)(=O)c2c(F)c(F)c(Cl)c(F)c2F)cc1OCc1ccccc1. The molecule has 2 aliphatic rings. The van der Waals surface area contributed by atoms with Gasteiger partial charge >= 0.3 is 5.97 Å². The second-order valence-corrected chi connectivity index (χ2v) is 14.5. The zero-order valence-corrected chi connectivity index (χ0v) is 28.4. The molecule has 1 N–H and O–H groups in total. The number of aromatic nitrogens is 2. The van der Waals surface area contributed by atoms with Crippen LogP contribution < -0.4 is 9.64 Å². The maximum absolute atomic E-state index is 14.8. The first-order valence-electron chi connectivity index (χ1n) is 16.1. The van der Waals surface area contributed by atoms with Gasteiger partial charge in [-0.1, -0.05) is 61.2 Å². The summed E-state index contributed by atoms with van der Waals surface area (Å²) >= 11 is 5.30. The van der Waals surface area contributed by atoms with Crippen molar-refractivity contribution in [2.24, 2.45) is 0 Å². The fourth-order valence-corrected chi connectivity index (χ4v) is 8.14. The first kappa shape index (κ1) is 36.2. The molecule has 2 heterocycles. The molecule has 51 heavy (non-hydrogen) atoms. The summed E-state index contributed by atoms with van der Waals surface area (Å²) in [7, 11) is -5.32. The van der Waals surface area contributed by atoms with Gasteiger partial charge in [-0.2, -0.15) is 4.31 Å². The molecule has 4 aromatic rings. The molecular weight excluding hydrogens is 716 g/mol. The van der Waals surface area contributed by atoms with Gasteiger partial charge in [-0.3, -0.25) is 14.8 Å². The highest BCUT2D eigenvalue weighted by atomic mass is 35.5. The van der Waals surface area contributed by atoms with Crippen molar-refractivity contribution in [2.45, 2.75) is 68.5 Å². The van der Waals surface area contributed by atoms with Crippen LogP contribution in [-0.2, 0) is 28.0 Å². The lowest BCUT2D eigenvalue weighted by molar-refractivity contribution is -0.125. The second kappa shape index (κ2) is 14.9. The molecule has 1 aromatic heterocycles. The van der Waals surface area contributed by atoms with E-state index in [4.69, 9.17) is 16.3 Å². The van der Waals surface area contributed by atoms with Crippen LogP contribution in [0.5, 0.6) is 5.75 Å². The Morgan fingerprint density at radius 3 is 2.20 bits per heavy atom. The van der Waals surface area contributed by atoms with Crippen LogP contribution in [0, 0.1) is 23.3 Å². The Labute approximate surface area is 295 Å². The number of hydrogen-bond acceptors (Lipinski definition) is 7. The largest absolute Gasteiger partial charge is 0.488 e. The molecule has 3 aromatic carbocycles. The van der Waals surface area contributed by atoms with E-state index in [0.29, 0.717) is 10.00 Å². The van der Waals surface area contributed by atoms with Gasteiger partial charge in [-0.25, -0.2) is 30.8 Å². The Bertz CT molecular complexity index is 2040. The number of carbonyl (C=O) groups is 2. The molecule has 0 bridgehead atoms. The van der Waals surface area contributed by atoms with Crippen LogP contribution in [0.15, 0.2) is 65.8 Å². The van der Waals surface area contributed by atoms with Crippen LogP contribution in [-0.4, -0.2) is 52.3 Å². The molecule has 268 valence electrons. The van der Waals surface area contributed by atoms with E-state index in [0.717, 1.165) is 48.3 Å². The first-order chi connectivity index (χ1) is 24.4. The van der Waals surface area contributed by atoms with E-state index in [1.807, 2.05) is 0 Å². The number of anilines is 1. The van der Waals surface area contributed by atoms with Crippen molar-refractivity contribution < 1.29 is 45.4 Å². The minimum absolute atomic E-state index is 0.0212. The third-order valence-corrected chi connectivity index (χ3v) is 11.3. The lowest BCUT2D eigenvalue weighted by Gasteiger charge is -2.41. The topological polar surface area (TPSA) is 130 Å². The van der Waals surface area contributed by atoms with E-state index in [2.05, 4.69) is 9.97 Å². The zero-order valence-electron chi connectivity index (χ0n) is 26.9. The van der Waals surface area contributed by atoms with Gasteiger partial charge < -0.3 is 14.7 Å². The quantitative estimate of drug-likeness (QED) is 0.0987. The predicted octanol–water partition coefficient (Wildman–Crippen LogP) is 7.01. The second-order valence-electron chi connectivity index (χ2n) is 12.3. The predicted molar refractivity (Wildman–Crippen MR) is 177 cm³/mol. The number of aromatic carboxylic acids is 1. The van der Waals surface area contributed by atoms with Crippen LogP contribution in [0.2, 0.25) is 5.02 Å². The molecule has 1 aliphatic carbocycles. The molecule has 0 radical (unpaired) electrons. The van der Waals surface area contributed by atoms with Crippen LogP contribution >= 0.6 is 11.6 Å². The maximum atomic E-state index is 14.8. The number of halogens is 5. The molecular formula is C35H31ClF4N4O6S. The molecule has 1 saturated heterocycles. The molecule has 1 amide bonds. The number of benzene rings is 3. The third kappa shape index (κ3) is 7.28. The van der Waals surface area contributed by atoms with Gasteiger partial charge in [0.2, 0.25) is 15.9 Å². The van der Waals surface area contributed by atoms with Crippen molar-refractivity contribution in [3.63, 3.8) is 0 Å². The summed E-state index contributed by atoms with van der Waals surface area (Å²) in [6, 6.07) is 11.2. The van der Waals surface area contributed by atoms with Crippen molar-refractivity contribution in [2.75, 3.05) is 11.4 Å². The first-order valence-corrected chi connectivity index (χ1v) is 17.9. The monoisotopic (exact) mass is 746 g/mol. The standard InChI is InChI=1S/C35H31ClF4N4O6S/c36-28-29(37)31(39)33(32(40)30(28)38)51(48,49)44-14-13-26(44)34(45)43(18-22-16-42-25(17-41-22)21-9-5-2-6-10-21)23-11-12-24(35(46)47)27(15-23)50-19-20-7-3-1-4-8-20/h1,3-4,7-8,11-12,15-17,21,26H,2,5-6,9-10,13-14,18-19H2,(H,46,47)/t26-/m1/s1. The van der Waals surface area contributed by atoms with E-state index >= 15 is 0 Å². The normalized spacial score (nSPS) is 16.8. The molecule has 2 fully saturated rings. The van der Waals surface area contributed by atoms with Gasteiger partial charge in [0.15, 0.2) is 28.2 Å². The lowest BCUT2D eigenvalue weighted by atomic mass is 9.87. The molecule has 1 atom stereocenters. The summed E-state index contributed by atoms with van der Waals surface area (Å²) in [5, 5.41) is 8.31. The summed E-state index contributed by atoms with van der Waals surface area (Å²) in [6.45, 7) is -0.706. The van der Waals surface area contributed by atoms with E-state index in [1.165, 1.54) is 24.4 Å². The zero-order chi connectivity index (χ0) is 36.4. The van der Waals surface area contributed by atoms with Crippen LogP contribution in [0.25, 0.3) is 0 Å². The molecule has 0 spiro atoms. The Balaban J connectivity index is 1.36. The van der Waals surface area contributed by atoms with Crippen molar-refractivity contribution in [1.82, 2.24) is 14.3 Å². The van der Waals surface area contributed by atoms with Crippen LogP contribution in [0.3, 0.4) is 0 Å². The number of nitrogens with zero attached hydrogens (tertiary/aromatic N) is 4. The van der Waals surface area contributed by atoms with E-state index in [9.17, 15) is 40.7 Å². The molecule has 10 nitrogen and oxygen atoms in total. The van der Waals surface area contributed by atoms with Gasteiger partial charge in [0, 0.05) is 30.4 Å². The van der Waals surface area contributed by atoms with Gasteiger partial charge in [0.05, 0.1) is 24.1 Å². The summed E-state index contributed by atoms with van der Waals surface area (Å²) in [6.07, 6.45) is 8.21. The van der Waals surface area contributed by atoms with Crippen molar-refractivity contribution in [1.29, 1.82) is 0 Å². The molecule has 1 aliphatic heterocycles. The number of carboxylic acids is 1.